The van der Waals surface area contributed by atoms with Crippen LogP contribution in [0.1, 0.15) is 77.3 Å². The average molecular weight is 1700 g/mol. The Bertz CT molecular complexity index is 3510. The lowest BCUT2D eigenvalue weighted by atomic mass is 9.85. The van der Waals surface area contributed by atoms with Crippen molar-refractivity contribution < 1.29 is 134 Å². The van der Waals surface area contributed by atoms with Gasteiger partial charge in [0, 0.05) is 83.8 Å². The molecule has 0 radical (unpaired) electrons. The number of aliphatic carboxylic acids is 1. The number of benzene rings is 1. The van der Waals surface area contributed by atoms with E-state index < -0.39 is 199 Å². The van der Waals surface area contributed by atoms with Crippen LogP contribution in [0.3, 0.4) is 0 Å². The minimum Gasteiger partial charge on any atom is -0.496 e. The first-order valence-corrected chi connectivity index (χ1v) is 41.7. The molecule has 12 atom stereocenters. The largest absolute Gasteiger partial charge is 0.496 e. The highest BCUT2D eigenvalue weighted by molar-refractivity contribution is 7.98. The Labute approximate surface area is 687 Å². The van der Waals surface area contributed by atoms with Gasteiger partial charge in [-0.3, -0.25) is 56.9 Å². The first-order chi connectivity index (χ1) is 56.2. The molecule has 2 unspecified atom stereocenters. The number of aromatic nitrogens is 1. The van der Waals surface area contributed by atoms with Crippen molar-refractivity contribution in [2.45, 2.75) is 120 Å². The van der Waals surface area contributed by atoms with Crippen molar-refractivity contribution in [1.82, 2.24) is 46.8 Å². The van der Waals surface area contributed by atoms with E-state index in [9.17, 15) is 63.3 Å². The summed E-state index contributed by atoms with van der Waals surface area (Å²) in [5.41, 5.74) is 12.9. The van der Waals surface area contributed by atoms with E-state index in [1.54, 1.807) is 26.0 Å². The van der Waals surface area contributed by atoms with Gasteiger partial charge in [-0.1, -0.05) is 34.1 Å². The molecule has 4 heterocycles. The zero-order valence-electron chi connectivity index (χ0n) is 67.5. The maximum absolute atomic E-state index is 15.4. The lowest BCUT2D eigenvalue weighted by molar-refractivity contribution is -0.144. The van der Waals surface area contributed by atoms with Crippen molar-refractivity contribution in [3.8, 4) is 5.75 Å². The zero-order valence-corrected chi connectivity index (χ0v) is 69.1. The van der Waals surface area contributed by atoms with E-state index in [0.29, 0.717) is 179 Å². The van der Waals surface area contributed by atoms with Crippen LogP contribution in [0.4, 0.5) is 0 Å². The lowest BCUT2D eigenvalue weighted by Gasteiger charge is -2.32. The number of carboxylic acid groups (broad SMARTS) is 1. The molecule has 40 nitrogen and oxygen atoms in total. The van der Waals surface area contributed by atoms with Gasteiger partial charge in [-0.15, -0.1) is 0 Å². The van der Waals surface area contributed by atoms with Crippen molar-refractivity contribution in [1.29, 1.82) is 0 Å². The Balaban J connectivity index is 1.04. The van der Waals surface area contributed by atoms with Crippen molar-refractivity contribution in [3.63, 3.8) is 0 Å². The molecule has 1 saturated heterocycles. The number of hydrogen-bond acceptors (Lipinski definition) is 31. The molecule has 5 rings (SSSR count). The number of ketones is 2. The topological polar surface area (TPSA) is 569 Å². The number of carboxylic acids is 1. The minimum absolute atomic E-state index is 0.0300. The summed E-state index contributed by atoms with van der Waals surface area (Å²) in [4.78, 5) is 155. The standard InChI is InChI=1S/C75H122N12O28S2/c1-6-47(2)55-36-52(89)40-80-70(98)50-34-56-54-7-8-63(104-5)57(68(54)85-74(56)117(103)46-59(82-65(94)41-81-71(55)99)72(100)83-58(38-64(77)93)75(102)87-43-53(90)37-60(87)73(101)84-67(61(91)35-50)49(4)62(92)44-88)45-116-32-31-115-30-29-114-28-27-113-26-25-112-24-23-111-22-21-110-20-19-109-18-17-108-16-15-107-14-13-106-12-11-105-10-9-86(78)42-51(76)39-79-69(97)48(3)33-66(95)96/h7-8,42,47-50,53,55,58-60,62,67,85,88,90,92H,6,9-41,43-46,76,78H2,1-5H3,(H2,77,93)(H,79,97)(H,80,98)(H,81,99)(H,82,94)(H,83,100)(H,84,101)(H,95,96)/b51-42-/t47-,48?,49-,50+,53+,55-,58-,59+,60-,62-,67-,117?/m0/s1. The summed E-state index contributed by atoms with van der Waals surface area (Å²) in [7, 11) is -0.969. The van der Waals surface area contributed by atoms with E-state index in [-0.39, 0.29) is 48.9 Å². The van der Waals surface area contributed by atoms with E-state index in [0.717, 1.165) is 4.90 Å². The molecule has 0 spiro atoms. The number of aliphatic hydroxyl groups excluding tert-OH is 3. The van der Waals surface area contributed by atoms with E-state index in [1.165, 1.54) is 43.9 Å². The normalized spacial score (nSPS) is 21.4. The number of carbonyl (C=O) groups is 11. The maximum atomic E-state index is 15.4. The van der Waals surface area contributed by atoms with Crippen LogP contribution in [0.15, 0.2) is 29.1 Å². The van der Waals surface area contributed by atoms with Crippen LogP contribution in [0.5, 0.6) is 5.75 Å². The number of aliphatic hydroxyl groups is 3. The molecule has 42 heteroatoms. The third-order valence-corrected chi connectivity index (χ3v) is 21.6. The second-order valence-electron chi connectivity index (χ2n) is 28.1. The molecule has 1 fully saturated rings. The number of ether oxygens (including phenoxy) is 12. The molecule has 1 aromatic carbocycles. The molecule has 3 aliphatic rings. The minimum atomic E-state index is -2.42. The van der Waals surface area contributed by atoms with Crippen LogP contribution in [-0.2, 0) is 128 Å². The van der Waals surface area contributed by atoms with Gasteiger partial charge in [0.2, 0.25) is 47.3 Å². The molecule has 2 bridgehead atoms. The van der Waals surface area contributed by atoms with Crippen molar-refractivity contribution in [2.24, 2.45) is 46.9 Å². The van der Waals surface area contributed by atoms with Gasteiger partial charge in [-0.05, 0) is 30.0 Å². The Morgan fingerprint density at radius 3 is 1.77 bits per heavy atom. The quantitative estimate of drug-likeness (QED) is 0.0171. The highest BCUT2D eigenvalue weighted by Crippen LogP contribution is 2.37. The number of amides is 8. The molecular weight excluding hydrogens is 1580 g/mol. The molecular formula is C75H122N12O28S2. The Morgan fingerprint density at radius 1 is 0.709 bits per heavy atom. The Morgan fingerprint density at radius 2 is 1.25 bits per heavy atom. The molecule has 117 heavy (non-hydrogen) atoms. The number of carbonyl (C=O) groups excluding carboxylic acids is 10. The van der Waals surface area contributed by atoms with Crippen LogP contribution in [0.25, 0.3) is 10.9 Å². The highest BCUT2D eigenvalue weighted by atomic mass is 32.2. The Hall–Kier alpha value is -7.63. The van der Waals surface area contributed by atoms with Crippen LogP contribution < -0.4 is 53.9 Å². The number of methoxy groups -OCH3 is 1. The van der Waals surface area contributed by atoms with Crippen LogP contribution >= 0.6 is 11.8 Å². The van der Waals surface area contributed by atoms with Crippen LogP contribution in [0.2, 0.25) is 0 Å². The first-order valence-electron chi connectivity index (χ1n) is 39.2. The van der Waals surface area contributed by atoms with Crippen molar-refractivity contribution in [2.75, 3.05) is 203 Å². The smallest absolute Gasteiger partial charge is 0.304 e. The number of thioether (sulfide) groups is 1. The van der Waals surface area contributed by atoms with E-state index in [2.05, 4.69) is 36.9 Å². The third kappa shape index (κ3) is 36.9. The summed E-state index contributed by atoms with van der Waals surface area (Å²) < 4.78 is 82.7. The number of aromatic amines is 1. The third-order valence-electron chi connectivity index (χ3n) is 19.2. The fourth-order valence-electron chi connectivity index (χ4n) is 12.5. The summed E-state index contributed by atoms with van der Waals surface area (Å²) in [5.74, 6) is -8.49. The molecule has 0 saturated carbocycles. The molecule has 3 aliphatic heterocycles. The predicted octanol–water partition coefficient (Wildman–Crippen LogP) is -3.82. The monoisotopic (exact) mass is 1700 g/mol. The summed E-state index contributed by atoms with van der Waals surface area (Å²) in [6.45, 7) is 12.0. The molecule has 1 aromatic heterocycles. The van der Waals surface area contributed by atoms with Gasteiger partial charge in [0.05, 0.1) is 238 Å². The number of hydrogen-bond donors (Lipinski definition) is 14. The number of fused-ring (bicyclic) bond motifs is 5. The number of H-pyrrole nitrogens is 1. The predicted molar refractivity (Wildman–Crippen MR) is 422 cm³/mol. The molecule has 2 aromatic rings. The van der Waals surface area contributed by atoms with Crippen LogP contribution in [-0.4, -0.2) is 344 Å². The van der Waals surface area contributed by atoms with Gasteiger partial charge < -0.3 is 136 Å². The molecule has 17 N–H and O–H groups in total. The molecule has 662 valence electrons. The number of nitrogens with two attached hydrogens (primary N) is 3. The number of primary amides is 1. The Kier molecular flexibility index (Phi) is 47.8. The second-order valence-corrected chi connectivity index (χ2v) is 30.7. The average Bonchev–Trinajstić information content (AvgIpc) is 1.62. The summed E-state index contributed by atoms with van der Waals surface area (Å²) in [6.07, 6.45) is -4.22. The first kappa shape index (κ1) is 99.9. The van der Waals surface area contributed by atoms with Gasteiger partial charge in [-0.25, -0.2) is 5.84 Å². The SMILES string of the molecule is CC[C@H](C)[C@@H]1CC(=O)CNC(=O)[C@H]2CC(=O)[C@H]([C@@H](C)[C@@H](O)CO)NC(=O)[C@@H]3C[C@@H](O)CN3C(=O)[C@H](CC(N)=O)NC(=O)[C@@H](CS(=O)c3[nH]c4c(CSCCOCCOCCOCCOCCOCCOCCOCCOCCOCCOCCOCCN(N)/C=C(\N)CNC(=O)C(C)CC(=O)O)c(OC)ccc4c3C2)NC(=O)CNC1=O. The fourth-order valence-corrected chi connectivity index (χ4v) is 14.8. The molecule has 8 amide bonds. The second kappa shape index (κ2) is 56.0. The van der Waals surface area contributed by atoms with Gasteiger partial charge >= 0.3 is 5.97 Å². The van der Waals surface area contributed by atoms with Gasteiger partial charge in [0.15, 0.2) is 11.6 Å². The van der Waals surface area contributed by atoms with Crippen molar-refractivity contribution in [3.05, 3.63) is 35.2 Å². The van der Waals surface area contributed by atoms with Gasteiger partial charge in [-0.2, -0.15) is 11.8 Å². The summed E-state index contributed by atoms with van der Waals surface area (Å²) in [6, 6.07) is -3.68. The zero-order chi connectivity index (χ0) is 85.6. The van der Waals surface area contributed by atoms with Gasteiger partial charge in [0.1, 0.15) is 28.9 Å². The number of rotatable bonds is 52. The van der Waals surface area contributed by atoms with Crippen LogP contribution in [0, 0.1) is 29.6 Å². The number of nitrogens with zero attached hydrogens (tertiary/aromatic N) is 2. The number of Topliss-reactive ketones (excluding diaryl/α,β-unsaturated/α-hetero) is 2. The summed E-state index contributed by atoms with van der Waals surface area (Å²) >= 11 is 1.45. The van der Waals surface area contributed by atoms with E-state index >= 15 is 9.00 Å². The van der Waals surface area contributed by atoms with Crippen molar-refractivity contribution >= 4 is 98.3 Å². The number of nitrogens with one attached hydrogen (secondary N) is 7. The lowest BCUT2D eigenvalue weighted by Crippen LogP contribution is -2.60. The van der Waals surface area contributed by atoms with E-state index in [4.69, 9.17) is 79.3 Å². The molecule has 0 aliphatic carbocycles. The fraction of sp³-hybridized carbons (Fsp3) is 0.720. The summed E-state index contributed by atoms with van der Waals surface area (Å²) in [5, 5.41) is 57.8. The van der Waals surface area contributed by atoms with Gasteiger partial charge in [0.25, 0.3) is 0 Å². The number of hydrazine groups is 1. The van der Waals surface area contributed by atoms with E-state index in [1.807, 2.05) is 0 Å². The maximum Gasteiger partial charge on any atom is 0.304 e. The highest BCUT2D eigenvalue weighted by Gasteiger charge is 2.45.